The number of hydrogen-bond acceptors (Lipinski definition) is 9. The summed E-state index contributed by atoms with van der Waals surface area (Å²) in [7, 11) is 0. The van der Waals surface area contributed by atoms with Crippen molar-refractivity contribution in [1.29, 1.82) is 5.26 Å². The lowest BCUT2D eigenvalue weighted by atomic mass is 9.96. The molecule has 3 aromatic heterocycles. The van der Waals surface area contributed by atoms with Crippen molar-refractivity contribution in [3.05, 3.63) is 100 Å². The van der Waals surface area contributed by atoms with Crippen molar-refractivity contribution in [2.45, 2.75) is 45.9 Å². The lowest BCUT2D eigenvalue weighted by Gasteiger charge is -2.16. The average molecular weight is 684 g/mol. The highest BCUT2D eigenvalue weighted by molar-refractivity contribution is 6.36. The monoisotopic (exact) mass is 683 g/mol. The third-order valence-electron chi connectivity index (χ3n) is 10.0. The van der Waals surface area contributed by atoms with Gasteiger partial charge in [-0.05, 0) is 90.9 Å². The van der Waals surface area contributed by atoms with Gasteiger partial charge in [-0.1, -0.05) is 42.8 Å². The molecule has 6 aromatic rings. The first-order valence-electron chi connectivity index (χ1n) is 17.2. The number of halogens is 1. The van der Waals surface area contributed by atoms with Crippen LogP contribution in [0.2, 0.25) is 5.02 Å². The largest absolute Gasteiger partial charge is 0.435 e. The van der Waals surface area contributed by atoms with Crippen LogP contribution in [0.25, 0.3) is 44.6 Å². The summed E-state index contributed by atoms with van der Waals surface area (Å²) in [4.78, 5) is 19.0. The van der Waals surface area contributed by atoms with Crippen LogP contribution in [0.3, 0.4) is 0 Å². The number of aromatic nitrogens is 3. The van der Waals surface area contributed by atoms with Gasteiger partial charge in [0.15, 0.2) is 11.4 Å². The normalized spacial score (nSPS) is 18.3. The summed E-state index contributed by atoms with van der Waals surface area (Å²) in [5.74, 6) is 1.78. The van der Waals surface area contributed by atoms with Crippen LogP contribution in [0, 0.1) is 24.2 Å². The van der Waals surface area contributed by atoms with Gasteiger partial charge in [0.1, 0.15) is 17.1 Å². The number of aliphatic hydroxyl groups is 1. The van der Waals surface area contributed by atoms with Crippen LogP contribution in [0.4, 0.5) is 11.5 Å². The fourth-order valence-electron chi connectivity index (χ4n) is 7.43. The molecule has 2 saturated heterocycles. The van der Waals surface area contributed by atoms with E-state index in [4.69, 9.17) is 26.0 Å². The van der Waals surface area contributed by atoms with Crippen LogP contribution in [0.5, 0.6) is 0 Å². The molecule has 3 aromatic carbocycles. The molecular formula is C40H38ClN7O2. The molecule has 9 nitrogen and oxygen atoms in total. The highest BCUT2D eigenvalue weighted by Crippen LogP contribution is 2.40. The molecule has 0 bridgehead atoms. The summed E-state index contributed by atoms with van der Waals surface area (Å²) in [5.41, 5.74) is 8.94. The van der Waals surface area contributed by atoms with Gasteiger partial charge in [-0.15, -0.1) is 0 Å². The molecule has 2 fully saturated rings. The summed E-state index contributed by atoms with van der Waals surface area (Å²) >= 11 is 7.13. The van der Waals surface area contributed by atoms with Crippen LogP contribution in [-0.2, 0) is 13.1 Å². The fourth-order valence-corrected chi connectivity index (χ4v) is 7.70. The molecule has 2 atom stereocenters. The van der Waals surface area contributed by atoms with Crippen LogP contribution in [0.1, 0.15) is 42.0 Å². The number of nitrogens with zero attached hydrogens (tertiary/aromatic N) is 6. The smallest absolute Gasteiger partial charge is 0.227 e. The number of benzene rings is 3. The number of fused-ring (bicyclic) bond motifs is 2. The van der Waals surface area contributed by atoms with Gasteiger partial charge in [0.25, 0.3) is 0 Å². The lowest BCUT2D eigenvalue weighted by molar-refractivity contribution is 0.175. The minimum absolute atomic E-state index is 0.253. The number of oxazole rings is 1. The number of rotatable bonds is 8. The van der Waals surface area contributed by atoms with E-state index in [0.717, 1.165) is 83.4 Å². The van der Waals surface area contributed by atoms with Crippen molar-refractivity contribution in [3.63, 3.8) is 0 Å². The Balaban J connectivity index is 1.08. The third kappa shape index (κ3) is 6.32. The quantitative estimate of drug-likeness (QED) is 0.164. The molecular weight excluding hydrogens is 646 g/mol. The van der Waals surface area contributed by atoms with Crippen molar-refractivity contribution in [3.8, 4) is 28.7 Å². The van der Waals surface area contributed by atoms with E-state index in [-0.39, 0.29) is 6.10 Å². The summed E-state index contributed by atoms with van der Waals surface area (Å²) < 4.78 is 6.29. The molecule has 0 amide bonds. The molecule has 2 aliphatic heterocycles. The Hall–Kier alpha value is -4.85. The molecule has 10 heteroatoms. The standard InChI is InChI=1S/C40H38ClN7O2/c1-24-10-13-47(20-24)21-26-15-29(18-42)38-35(17-26)46-40(50-38)32-6-3-5-31(25(32)2)33-7-4-8-34(36(33)41)45-39-37-28(9-12-43-39)16-27(19-44-37)22-48-14-11-30(49)23-48/h3-9,12,15-17,19,24,30,49H,10-11,13-14,20-23H2,1-2H3,(H,43,45)/t24-,30+/m0/s1. The molecule has 5 heterocycles. The van der Waals surface area contributed by atoms with Crippen molar-refractivity contribution in [2.75, 3.05) is 31.5 Å². The van der Waals surface area contributed by atoms with E-state index in [1.165, 1.54) is 6.42 Å². The van der Waals surface area contributed by atoms with Crippen LogP contribution in [-0.4, -0.2) is 62.1 Å². The topological polar surface area (TPSA) is 114 Å². The zero-order valence-electron chi connectivity index (χ0n) is 28.2. The first-order valence-corrected chi connectivity index (χ1v) is 17.6. The van der Waals surface area contributed by atoms with E-state index in [0.29, 0.717) is 51.5 Å². The maximum atomic E-state index is 9.99. The first kappa shape index (κ1) is 32.4. The Bertz CT molecular complexity index is 2280. The third-order valence-corrected chi connectivity index (χ3v) is 10.4. The summed E-state index contributed by atoms with van der Waals surface area (Å²) in [6, 6.07) is 22.3. The van der Waals surface area contributed by atoms with Gasteiger partial charge in [-0.2, -0.15) is 5.26 Å². The average Bonchev–Trinajstić information content (AvgIpc) is 3.85. The molecule has 252 valence electrons. The van der Waals surface area contributed by atoms with Crippen molar-refractivity contribution in [1.82, 2.24) is 24.8 Å². The minimum atomic E-state index is -0.253. The molecule has 0 radical (unpaired) electrons. The Morgan fingerprint density at radius 1 is 0.960 bits per heavy atom. The maximum absolute atomic E-state index is 9.99. The van der Waals surface area contributed by atoms with Gasteiger partial charge in [0.2, 0.25) is 5.89 Å². The highest BCUT2D eigenvalue weighted by Gasteiger charge is 2.23. The molecule has 0 aliphatic carbocycles. The van der Waals surface area contributed by atoms with Gasteiger partial charge >= 0.3 is 0 Å². The van der Waals surface area contributed by atoms with Crippen molar-refractivity contribution in [2.24, 2.45) is 5.92 Å². The van der Waals surface area contributed by atoms with Gasteiger partial charge in [0, 0.05) is 61.6 Å². The molecule has 0 unspecified atom stereocenters. The number of nitrogens with one attached hydrogen (secondary N) is 1. The van der Waals surface area contributed by atoms with E-state index >= 15 is 0 Å². The zero-order chi connectivity index (χ0) is 34.4. The van der Waals surface area contributed by atoms with E-state index in [9.17, 15) is 10.4 Å². The minimum Gasteiger partial charge on any atom is -0.435 e. The van der Waals surface area contributed by atoms with Gasteiger partial charge in [0.05, 0.1) is 22.4 Å². The number of anilines is 2. The van der Waals surface area contributed by atoms with Crippen molar-refractivity contribution >= 4 is 45.1 Å². The van der Waals surface area contributed by atoms with E-state index < -0.39 is 0 Å². The summed E-state index contributed by atoms with van der Waals surface area (Å²) in [6.45, 7) is 9.58. The lowest BCUT2D eigenvalue weighted by Crippen LogP contribution is -2.21. The fraction of sp³-hybridized carbons (Fsp3) is 0.300. The predicted molar refractivity (Wildman–Crippen MR) is 197 cm³/mol. The number of β-amino-alcohol motifs (C(OH)–C–C–N with tert-alkyl or cyclic N) is 1. The van der Waals surface area contributed by atoms with Gasteiger partial charge in [-0.25, -0.2) is 9.97 Å². The number of pyridine rings is 2. The second-order valence-corrected chi connectivity index (χ2v) is 14.2. The van der Waals surface area contributed by atoms with Crippen LogP contribution >= 0.6 is 11.6 Å². The second kappa shape index (κ2) is 13.5. The molecule has 2 aliphatic rings. The molecule has 8 rings (SSSR count). The van der Waals surface area contributed by atoms with Crippen LogP contribution < -0.4 is 5.32 Å². The number of hydrogen-bond donors (Lipinski definition) is 2. The zero-order valence-corrected chi connectivity index (χ0v) is 28.9. The number of likely N-dealkylation sites (tertiary alicyclic amines) is 2. The Labute approximate surface area is 296 Å². The summed E-state index contributed by atoms with van der Waals surface area (Å²) in [5, 5.41) is 24.9. The second-order valence-electron chi connectivity index (χ2n) is 13.8. The Kier molecular flexibility index (Phi) is 8.71. The number of nitriles is 1. The SMILES string of the molecule is Cc1c(-c2nc3cc(CN4CC[C@H](C)C4)cc(C#N)c3o2)cccc1-c1cccc(Nc2nccc3cc(CN4CC[C@@H](O)C4)cnc23)c1Cl. The van der Waals surface area contributed by atoms with Crippen molar-refractivity contribution < 1.29 is 9.52 Å². The van der Waals surface area contributed by atoms with E-state index in [1.54, 1.807) is 6.20 Å². The van der Waals surface area contributed by atoms with E-state index in [2.05, 4.69) is 39.2 Å². The molecule has 0 saturated carbocycles. The predicted octanol–water partition coefficient (Wildman–Crippen LogP) is 8.09. The highest BCUT2D eigenvalue weighted by atomic mass is 35.5. The first-order chi connectivity index (χ1) is 24.3. The van der Waals surface area contributed by atoms with Gasteiger partial charge < -0.3 is 14.8 Å². The molecule has 2 N–H and O–H groups in total. The molecule has 0 spiro atoms. The number of aliphatic hydroxyl groups excluding tert-OH is 1. The maximum Gasteiger partial charge on any atom is 0.227 e. The van der Waals surface area contributed by atoms with E-state index in [1.807, 2.05) is 67.7 Å². The Morgan fingerprint density at radius 2 is 1.74 bits per heavy atom. The molecule has 50 heavy (non-hydrogen) atoms. The Morgan fingerprint density at radius 3 is 2.54 bits per heavy atom. The van der Waals surface area contributed by atoms with Crippen LogP contribution in [0.15, 0.2) is 77.5 Å². The van der Waals surface area contributed by atoms with Gasteiger partial charge in [-0.3, -0.25) is 14.8 Å². The summed E-state index contributed by atoms with van der Waals surface area (Å²) in [6.07, 6.45) is 5.41.